The number of aromatic nitrogens is 2. The van der Waals surface area contributed by atoms with Crippen LogP contribution in [0.25, 0.3) is 0 Å². The van der Waals surface area contributed by atoms with E-state index in [1.165, 1.54) is 32.1 Å². The average molecular weight is 318 g/mol. The van der Waals surface area contributed by atoms with Gasteiger partial charge in [0.2, 0.25) is 5.91 Å². The number of hydrogen-bond donors (Lipinski definition) is 1. The number of nitrogens with zero attached hydrogens (tertiary/aromatic N) is 3. The van der Waals surface area contributed by atoms with Crippen LogP contribution in [0.3, 0.4) is 0 Å². The lowest BCUT2D eigenvalue weighted by Crippen LogP contribution is -2.51. The molecule has 1 amide bonds. The number of imidazole rings is 1. The van der Waals surface area contributed by atoms with Crippen molar-refractivity contribution in [1.29, 1.82) is 0 Å². The fourth-order valence-electron chi connectivity index (χ4n) is 4.20. The largest absolute Gasteiger partial charge is 0.336 e. The zero-order valence-electron chi connectivity index (χ0n) is 14.5. The summed E-state index contributed by atoms with van der Waals surface area (Å²) < 4.78 is 2.03. The highest BCUT2D eigenvalue weighted by Crippen LogP contribution is 2.31. The zero-order chi connectivity index (χ0) is 16.2. The molecule has 1 N–H and O–H groups in total. The highest BCUT2D eigenvalue weighted by atomic mass is 16.2. The molecule has 2 heterocycles. The molecule has 2 unspecified atom stereocenters. The molecular weight excluding hydrogens is 288 g/mol. The molecule has 0 bridgehead atoms. The smallest absolute Gasteiger partial charge is 0.226 e. The lowest BCUT2D eigenvalue weighted by molar-refractivity contribution is -0.139. The van der Waals surface area contributed by atoms with Gasteiger partial charge in [-0.3, -0.25) is 4.79 Å². The lowest BCUT2D eigenvalue weighted by atomic mass is 9.83. The van der Waals surface area contributed by atoms with E-state index in [1.54, 1.807) is 0 Å². The van der Waals surface area contributed by atoms with Crippen LogP contribution < -0.4 is 5.32 Å². The summed E-state index contributed by atoms with van der Waals surface area (Å²) in [7, 11) is 2.01. The molecule has 1 aliphatic heterocycles. The van der Waals surface area contributed by atoms with Crippen molar-refractivity contribution in [2.45, 2.75) is 51.5 Å². The maximum atomic E-state index is 13.0. The maximum absolute atomic E-state index is 13.0. The van der Waals surface area contributed by atoms with Crippen LogP contribution in [0.2, 0.25) is 0 Å². The first-order valence-corrected chi connectivity index (χ1v) is 9.15. The summed E-state index contributed by atoms with van der Waals surface area (Å²) in [4.78, 5) is 19.6. The normalized spacial score (nSPS) is 24.6. The topological polar surface area (TPSA) is 50.2 Å². The summed E-state index contributed by atoms with van der Waals surface area (Å²) in [6.45, 7) is 4.58. The SMILES string of the molecule is CC(CC1CCCCC1)C(=O)N1CCNCC1c1nccn1C. The van der Waals surface area contributed by atoms with Crippen LogP contribution in [0.4, 0.5) is 0 Å². The maximum Gasteiger partial charge on any atom is 0.226 e. The monoisotopic (exact) mass is 318 g/mol. The number of piperazine rings is 1. The third-order valence-electron chi connectivity index (χ3n) is 5.52. The van der Waals surface area contributed by atoms with Gasteiger partial charge in [0.05, 0.1) is 0 Å². The average Bonchev–Trinajstić information content (AvgIpc) is 3.01. The van der Waals surface area contributed by atoms with Gasteiger partial charge in [-0.25, -0.2) is 4.98 Å². The molecule has 5 nitrogen and oxygen atoms in total. The van der Waals surface area contributed by atoms with Crippen LogP contribution in [0.15, 0.2) is 12.4 Å². The van der Waals surface area contributed by atoms with Crippen molar-refractivity contribution >= 4 is 5.91 Å². The number of hydrogen-bond acceptors (Lipinski definition) is 3. The molecule has 1 saturated carbocycles. The van der Waals surface area contributed by atoms with Gasteiger partial charge in [0.25, 0.3) is 0 Å². The molecule has 128 valence electrons. The van der Waals surface area contributed by atoms with E-state index in [0.29, 0.717) is 5.91 Å². The number of nitrogens with one attached hydrogen (secondary N) is 1. The molecule has 23 heavy (non-hydrogen) atoms. The van der Waals surface area contributed by atoms with Gasteiger partial charge in [0.15, 0.2) is 0 Å². The van der Waals surface area contributed by atoms with Gasteiger partial charge in [-0.15, -0.1) is 0 Å². The van der Waals surface area contributed by atoms with E-state index >= 15 is 0 Å². The van der Waals surface area contributed by atoms with Crippen molar-refractivity contribution < 1.29 is 4.79 Å². The minimum absolute atomic E-state index is 0.0602. The van der Waals surface area contributed by atoms with Crippen molar-refractivity contribution in [3.05, 3.63) is 18.2 Å². The van der Waals surface area contributed by atoms with Crippen LogP contribution in [0.1, 0.15) is 57.3 Å². The molecule has 1 aromatic heterocycles. The number of carbonyl (C=O) groups excluding carboxylic acids is 1. The molecule has 2 atom stereocenters. The summed E-state index contributed by atoms with van der Waals surface area (Å²) >= 11 is 0. The van der Waals surface area contributed by atoms with Gasteiger partial charge < -0.3 is 14.8 Å². The molecule has 3 rings (SSSR count). The number of amides is 1. The number of rotatable bonds is 4. The van der Waals surface area contributed by atoms with Crippen LogP contribution >= 0.6 is 0 Å². The molecule has 1 aromatic rings. The van der Waals surface area contributed by atoms with Gasteiger partial charge in [0, 0.05) is 45.0 Å². The molecule has 1 aliphatic carbocycles. The third-order valence-corrected chi connectivity index (χ3v) is 5.52. The number of aryl methyl sites for hydroxylation is 1. The van der Waals surface area contributed by atoms with Crippen molar-refractivity contribution in [3.8, 4) is 0 Å². The predicted molar refractivity (Wildman–Crippen MR) is 90.9 cm³/mol. The Morgan fingerprint density at radius 2 is 2.17 bits per heavy atom. The summed E-state index contributed by atoms with van der Waals surface area (Å²) in [5, 5.41) is 3.41. The summed E-state index contributed by atoms with van der Waals surface area (Å²) in [6, 6.07) is 0.0602. The van der Waals surface area contributed by atoms with Crippen molar-refractivity contribution in [1.82, 2.24) is 19.8 Å². The van der Waals surface area contributed by atoms with E-state index in [4.69, 9.17) is 0 Å². The molecule has 0 radical (unpaired) electrons. The molecule has 2 fully saturated rings. The Labute approximate surface area is 139 Å². The van der Waals surface area contributed by atoms with E-state index in [1.807, 2.05) is 24.0 Å². The third kappa shape index (κ3) is 3.77. The first-order valence-electron chi connectivity index (χ1n) is 9.15. The van der Waals surface area contributed by atoms with Gasteiger partial charge in [0.1, 0.15) is 11.9 Å². The number of carbonyl (C=O) groups is 1. The van der Waals surface area contributed by atoms with Gasteiger partial charge in [-0.1, -0.05) is 39.0 Å². The molecule has 5 heteroatoms. The Balaban J connectivity index is 1.67. The zero-order valence-corrected chi connectivity index (χ0v) is 14.5. The van der Waals surface area contributed by atoms with E-state index in [-0.39, 0.29) is 12.0 Å². The predicted octanol–water partition coefficient (Wildman–Crippen LogP) is 2.50. The lowest BCUT2D eigenvalue weighted by Gasteiger charge is -2.38. The molecular formula is C18H30N4O. The Kier molecular flexibility index (Phi) is 5.36. The van der Waals surface area contributed by atoms with E-state index in [0.717, 1.165) is 37.8 Å². The Morgan fingerprint density at radius 3 is 2.87 bits per heavy atom. The first kappa shape index (κ1) is 16.5. The van der Waals surface area contributed by atoms with Crippen LogP contribution in [0, 0.1) is 11.8 Å². The molecule has 2 aliphatic rings. The second-order valence-corrected chi connectivity index (χ2v) is 7.29. The van der Waals surface area contributed by atoms with Gasteiger partial charge in [-0.05, 0) is 12.3 Å². The highest BCUT2D eigenvalue weighted by Gasteiger charge is 2.33. The van der Waals surface area contributed by atoms with Crippen LogP contribution in [0.5, 0.6) is 0 Å². The van der Waals surface area contributed by atoms with E-state index in [2.05, 4.69) is 22.1 Å². The second-order valence-electron chi connectivity index (χ2n) is 7.29. The van der Waals surface area contributed by atoms with Gasteiger partial charge >= 0.3 is 0 Å². The van der Waals surface area contributed by atoms with Crippen molar-refractivity contribution in [2.75, 3.05) is 19.6 Å². The Hall–Kier alpha value is -1.36. The summed E-state index contributed by atoms with van der Waals surface area (Å²) in [5.74, 6) is 2.16. The van der Waals surface area contributed by atoms with Crippen molar-refractivity contribution in [2.24, 2.45) is 18.9 Å². The minimum atomic E-state index is 0.0602. The quantitative estimate of drug-likeness (QED) is 0.928. The van der Waals surface area contributed by atoms with Crippen molar-refractivity contribution in [3.63, 3.8) is 0 Å². The summed E-state index contributed by atoms with van der Waals surface area (Å²) in [6.07, 6.45) is 11.5. The molecule has 0 aromatic carbocycles. The van der Waals surface area contributed by atoms with Crippen LogP contribution in [-0.4, -0.2) is 40.0 Å². The first-order chi connectivity index (χ1) is 11.2. The Bertz CT molecular complexity index is 521. The molecule has 0 spiro atoms. The second kappa shape index (κ2) is 7.47. The highest BCUT2D eigenvalue weighted by molar-refractivity contribution is 5.79. The molecule has 1 saturated heterocycles. The van der Waals surface area contributed by atoms with Crippen LogP contribution in [-0.2, 0) is 11.8 Å². The standard InChI is InChI=1S/C18H30N4O/c1-14(12-15-6-4-3-5-7-15)18(23)22-11-8-19-13-16(22)17-20-9-10-21(17)2/h9-10,14-16,19H,3-8,11-13H2,1-2H3. The van der Waals surface area contributed by atoms with E-state index < -0.39 is 0 Å². The van der Waals surface area contributed by atoms with Gasteiger partial charge in [-0.2, -0.15) is 0 Å². The Morgan fingerprint density at radius 1 is 1.39 bits per heavy atom. The van der Waals surface area contributed by atoms with E-state index in [9.17, 15) is 4.79 Å². The minimum Gasteiger partial charge on any atom is -0.336 e. The fraction of sp³-hybridized carbons (Fsp3) is 0.778. The fourth-order valence-corrected chi connectivity index (χ4v) is 4.20. The summed E-state index contributed by atoms with van der Waals surface area (Å²) in [5.41, 5.74) is 0.